The quantitative estimate of drug-likeness (QED) is 0.461. The summed E-state index contributed by atoms with van der Waals surface area (Å²) < 4.78 is 18.9. The number of ketones is 1. The van der Waals surface area contributed by atoms with Crippen molar-refractivity contribution < 1.29 is 13.9 Å². The molecule has 7 heteroatoms. The van der Waals surface area contributed by atoms with Gasteiger partial charge in [-0.15, -0.1) is 0 Å². The molecule has 152 valence electrons. The van der Waals surface area contributed by atoms with E-state index in [1.807, 2.05) is 18.3 Å². The topological polar surface area (TPSA) is 58.8 Å². The number of benzene rings is 2. The zero-order valence-electron chi connectivity index (χ0n) is 15.9. The van der Waals surface area contributed by atoms with Crippen molar-refractivity contribution in [3.8, 4) is 0 Å². The van der Waals surface area contributed by atoms with Crippen molar-refractivity contribution in [2.24, 2.45) is 0 Å². The van der Waals surface area contributed by atoms with Crippen LogP contribution in [0.5, 0.6) is 0 Å². The zero-order valence-corrected chi connectivity index (χ0v) is 16.7. The highest BCUT2D eigenvalue weighted by Crippen LogP contribution is 2.24. The molecule has 0 saturated carbocycles. The van der Waals surface area contributed by atoms with Crippen LogP contribution in [0.25, 0.3) is 0 Å². The number of allylic oxidation sites excluding steroid dienone is 1. The maximum absolute atomic E-state index is 13.2. The number of rotatable bonds is 5. The first-order chi connectivity index (χ1) is 14.0. The van der Waals surface area contributed by atoms with Gasteiger partial charge in [0.2, 0.25) is 0 Å². The Labute approximate surface area is 174 Å². The van der Waals surface area contributed by atoms with Crippen LogP contribution in [0.1, 0.15) is 15.9 Å². The summed E-state index contributed by atoms with van der Waals surface area (Å²) in [5.41, 5.74) is 7.82. The Morgan fingerprint density at radius 3 is 2.52 bits per heavy atom. The average Bonchev–Trinajstić information content (AvgIpc) is 2.68. The third-order valence-corrected chi connectivity index (χ3v) is 5.68. The van der Waals surface area contributed by atoms with Crippen LogP contribution in [0, 0.1) is 5.82 Å². The molecule has 2 bridgehead atoms. The first-order valence-corrected chi connectivity index (χ1v) is 9.97. The molecular formula is C22H23ClFN3O2. The van der Waals surface area contributed by atoms with E-state index in [1.54, 1.807) is 24.3 Å². The molecule has 0 aliphatic carbocycles. The van der Waals surface area contributed by atoms with E-state index >= 15 is 0 Å². The van der Waals surface area contributed by atoms with Crippen molar-refractivity contribution >= 4 is 23.1 Å². The van der Waals surface area contributed by atoms with Crippen LogP contribution in [-0.2, 0) is 11.3 Å². The van der Waals surface area contributed by atoms with Gasteiger partial charge in [0.1, 0.15) is 5.82 Å². The molecule has 2 aromatic carbocycles. The number of nitrogens with two attached hydrogens (primary N) is 1. The minimum Gasteiger partial charge on any atom is -0.398 e. The van der Waals surface area contributed by atoms with Crippen molar-refractivity contribution in [3.63, 3.8) is 0 Å². The molecule has 2 aliphatic rings. The van der Waals surface area contributed by atoms with E-state index < -0.39 is 0 Å². The first-order valence-electron chi connectivity index (χ1n) is 9.59. The first kappa shape index (κ1) is 19.9. The molecule has 5 nitrogen and oxygen atoms in total. The second kappa shape index (κ2) is 8.53. The Morgan fingerprint density at radius 2 is 1.86 bits per heavy atom. The van der Waals surface area contributed by atoms with Crippen LogP contribution in [-0.4, -0.2) is 54.0 Å². The van der Waals surface area contributed by atoms with E-state index in [2.05, 4.69) is 9.80 Å². The molecule has 0 radical (unpaired) electrons. The number of ether oxygens (including phenoxy) is 1. The van der Waals surface area contributed by atoms with Crippen LogP contribution in [0.4, 0.5) is 10.1 Å². The fourth-order valence-corrected chi connectivity index (χ4v) is 4.14. The van der Waals surface area contributed by atoms with Gasteiger partial charge in [-0.25, -0.2) is 4.39 Å². The van der Waals surface area contributed by atoms with Crippen molar-refractivity contribution in [2.75, 3.05) is 32.0 Å². The van der Waals surface area contributed by atoms with Gasteiger partial charge < -0.3 is 15.4 Å². The number of morpholine rings is 1. The van der Waals surface area contributed by atoms with Crippen LogP contribution in [0.3, 0.4) is 0 Å². The summed E-state index contributed by atoms with van der Waals surface area (Å²) in [4.78, 5) is 17.1. The Bertz CT molecular complexity index is 905. The molecule has 2 fully saturated rings. The molecule has 2 heterocycles. The number of hydrogen-bond acceptors (Lipinski definition) is 5. The van der Waals surface area contributed by atoms with Gasteiger partial charge in [0.25, 0.3) is 0 Å². The van der Waals surface area contributed by atoms with Gasteiger partial charge in [0.05, 0.1) is 25.3 Å². The molecule has 4 rings (SSSR count). The number of carbonyl (C=O) groups is 1. The molecule has 0 amide bonds. The lowest BCUT2D eigenvalue weighted by atomic mass is 10.0. The lowest BCUT2D eigenvalue weighted by Crippen LogP contribution is -2.63. The van der Waals surface area contributed by atoms with Gasteiger partial charge in [0, 0.05) is 48.2 Å². The predicted molar refractivity (Wildman–Crippen MR) is 111 cm³/mol. The number of piperazine rings is 1. The van der Waals surface area contributed by atoms with E-state index in [9.17, 15) is 9.18 Å². The predicted octanol–water partition coefficient (Wildman–Crippen LogP) is 3.34. The third-order valence-electron chi connectivity index (χ3n) is 5.44. The van der Waals surface area contributed by atoms with Crippen LogP contribution in [0.15, 0.2) is 54.7 Å². The van der Waals surface area contributed by atoms with Gasteiger partial charge in [-0.1, -0.05) is 23.7 Å². The van der Waals surface area contributed by atoms with Gasteiger partial charge in [-0.05, 0) is 35.9 Å². The van der Waals surface area contributed by atoms with Crippen molar-refractivity contribution in [1.29, 1.82) is 0 Å². The van der Waals surface area contributed by atoms with E-state index in [-0.39, 0.29) is 23.7 Å². The minimum absolute atomic E-state index is 0.144. The lowest BCUT2D eigenvalue weighted by Gasteiger charge is -2.49. The number of nitrogens with zero attached hydrogens (tertiary/aromatic N) is 2. The molecule has 2 aromatic rings. The number of fused-ring (bicyclic) bond motifs is 2. The molecule has 29 heavy (non-hydrogen) atoms. The summed E-state index contributed by atoms with van der Waals surface area (Å²) >= 11 is 5.90. The Kier molecular flexibility index (Phi) is 5.85. The zero-order chi connectivity index (χ0) is 20.4. The number of hydrogen-bond donors (Lipinski definition) is 1. The van der Waals surface area contributed by atoms with E-state index in [1.165, 1.54) is 12.1 Å². The highest BCUT2D eigenvalue weighted by molar-refractivity contribution is 6.31. The fourth-order valence-electron chi connectivity index (χ4n) is 3.96. The molecular weight excluding hydrogens is 393 g/mol. The summed E-state index contributed by atoms with van der Waals surface area (Å²) in [7, 11) is 0. The molecule has 2 unspecified atom stereocenters. The van der Waals surface area contributed by atoms with Gasteiger partial charge in [0.15, 0.2) is 5.78 Å². The highest BCUT2D eigenvalue weighted by Gasteiger charge is 2.37. The second-order valence-corrected chi connectivity index (χ2v) is 7.95. The van der Waals surface area contributed by atoms with Gasteiger partial charge in [-0.3, -0.25) is 9.69 Å². The van der Waals surface area contributed by atoms with Crippen molar-refractivity contribution in [1.82, 2.24) is 9.80 Å². The summed E-state index contributed by atoms with van der Waals surface area (Å²) in [5.74, 6) is -0.368. The summed E-state index contributed by atoms with van der Waals surface area (Å²) in [5, 5.41) is 0.508. The standard InChI is InChI=1S/C22H23ClFN3O2/c23-16-3-6-20(21(25)9-16)22(28)7-8-26-11-18-13-29-14-19(12-26)27(18)10-15-1-4-17(24)5-2-15/h1-9,18-19H,10-14,25H2/b8-7+. The van der Waals surface area contributed by atoms with Crippen LogP contribution < -0.4 is 5.73 Å². The number of carbonyl (C=O) groups excluding carboxylic acids is 1. The molecule has 2 atom stereocenters. The molecule has 0 aromatic heterocycles. The fraction of sp³-hybridized carbons (Fsp3) is 0.318. The summed E-state index contributed by atoms with van der Waals surface area (Å²) in [6.07, 6.45) is 3.41. The number of halogens is 2. The maximum atomic E-state index is 13.2. The highest BCUT2D eigenvalue weighted by atomic mass is 35.5. The maximum Gasteiger partial charge on any atom is 0.189 e. The third kappa shape index (κ3) is 4.61. The van der Waals surface area contributed by atoms with Crippen molar-refractivity contribution in [3.05, 3.63) is 76.7 Å². The SMILES string of the molecule is Nc1cc(Cl)ccc1C(=O)/C=C/N1CC2COCC(C1)N2Cc1ccc(F)cc1. The summed E-state index contributed by atoms with van der Waals surface area (Å²) in [6, 6.07) is 12.0. The summed E-state index contributed by atoms with van der Waals surface area (Å²) in [6.45, 7) is 3.56. The Balaban J connectivity index is 1.42. The lowest BCUT2D eigenvalue weighted by molar-refractivity contribution is -0.0923. The van der Waals surface area contributed by atoms with Crippen LogP contribution >= 0.6 is 11.6 Å². The Morgan fingerprint density at radius 1 is 1.17 bits per heavy atom. The molecule has 0 spiro atoms. The monoisotopic (exact) mass is 415 g/mol. The second-order valence-electron chi connectivity index (χ2n) is 7.51. The number of anilines is 1. The van der Waals surface area contributed by atoms with Gasteiger partial charge >= 0.3 is 0 Å². The van der Waals surface area contributed by atoms with E-state index in [0.29, 0.717) is 29.5 Å². The van der Waals surface area contributed by atoms with E-state index in [4.69, 9.17) is 22.1 Å². The average molecular weight is 416 g/mol. The largest absolute Gasteiger partial charge is 0.398 e. The molecule has 2 aliphatic heterocycles. The van der Waals surface area contributed by atoms with Crippen molar-refractivity contribution in [2.45, 2.75) is 18.6 Å². The minimum atomic E-state index is -0.224. The Hall–Kier alpha value is -2.41. The normalized spacial score (nSPS) is 22.2. The smallest absolute Gasteiger partial charge is 0.189 e. The van der Waals surface area contributed by atoms with Gasteiger partial charge in [-0.2, -0.15) is 0 Å². The van der Waals surface area contributed by atoms with E-state index in [0.717, 1.165) is 25.2 Å². The molecule has 2 saturated heterocycles. The molecule has 2 N–H and O–H groups in total. The van der Waals surface area contributed by atoms with Crippen LogP contribution in [0.2, 0.25) is 5.02 Å². The number of nitrogen functional groups attached to an aromatic ring is 1.